The zero-order valence-electron chi connectivity index (χ0n) is 22.3. The highest BCUT2D eigenvalue weighted by Crippen LogP contribution is 2.55. The van der Waals surface area contributed by atoms with Crippen LogP contribution in [0.3, 0.4) is 0 Å². The molecule has 2 heterocycles. The van der Waals surface area contributed by atoms with Crippen LogP contribution in [0.5, 0.6) is 5.75 Å². The van der Waals surface area contributed by atoms with Crippen LogP contribution in [0.1, 0.15) is 49.3 Å². The second kappa shape index (κ2) is 13.0. The second-order valence-corrected chi connectivity index (χ2v) is 10.5. The van der Waals surface area contributed by atoms with E-state index in [0.29, 0.717) is 50.3 Å². The van der Waals surface area contributed by atoms with E-state index in [4.69, 9.17) is 11.2 Å². The SMILES string of the molecule is C#CCC12CC1C(=O)NCCCCOc1cc(F)cc(c1)C[C@@H]([C@H](O)CNCc1cncc(CC)c1)NC2=O. The Morgan fingerprint density at radius 3 is 2.87 bits per heavy atom. The lowest BCUT2D eigenvalue weighted by molar-refractivity contribution is -0.132. The highest BCUT2D eigenvalue weighted by Gasteiger charge is 2.63. The number of benzene rings is 1. The number of terminal acetylenes is 1. The molecule has 2 aromatic rings. The average Bonchev–Trinajstić information content (AvgIpc) is 3.65. The van der Waals surface area contributed by atoms with Crippen LogP contribution in [0, 0.1) is 29.5 Å². The van der Waals surface area contributed by atoms with Gasteiger partial charge in [-0.3, -0.25) is 14.6 Å². The number of aliphatic hydroxyl groups excluding tert-OH is 1. The van der Waals surface area contributed by atoms with Gasteiger partial charge in [-0.15, -0.1) is 12.3 Å². The summed E-state index contributed by atoms with van der Waals surface area (Å²) in [7, 11) is 0. The number of carbonyl (C=O) groups excluding carboxylic acids is 2. The standard InChI is InChI=1S/C30H37FN4O4/c1-3-7-30-15-25(30)28(37)34-8-5-6-9-39-24-12-21(11-23(31)14-24)13-26(35-29(30)38)27(36)19-33-18-22-10-20(4-2)16-32-17-22/h1,10-12,14,16-17,25-27,33,36H,4-9,13,15,18-19H2,2H3,(H,34,37)(H,35,38)/t25?,26-,27+,30?/m0/s1. The molecule has 9 heteroatoms. The van der Waals surface area contributed by atoms with E-state index < -0.39 is 29.3 Å². The van der Waals surface area contributed by atoms with Gasteiger partial charge in [-0.1, -0.05) is 13.0 Å². The summed E-state index contributed by atoms with van der Waals surface area (Å²) < 4.78 is 20.2. The van der Waals surface area contributed by atoms with E-state index in [2.05, 4.69) is 39.8 Å². The Hall–Kier alpha value is -3.48. The maximum atomic E-state index is 14.5. The molecule has 1 aliphatic carbocycles. The zero-order valence-corrected chi connectivity index (χ0v) is 22.3. The number of halogens is 1. The van der Waals surface area contributed by atoms with Gasteiger partial charge in [0.2, 0.25) is 11.8 Å². The third-order valence-electron chi connectivity index (χ3n) is 7.51. The first-order valence-electron chi connectivity index (χ1n) is 13.6. The molecule has 1 saturated carbocycles. The quantitative estimate of drug-likeness (QED) is 0.404. The summed E-state index contributed by atoms with van der Waals surface area (Å²) in [5.74, 6) is 1.40. The molecule has 1 fully saturated rings. The number of nitrogens with zero attached hydrogens (tertiary/aromatic N) is 1. The van der Waals surface area contributed by atoms with Crippen molar-refractivity contribution in [1.29, 1.82) is 0 Å². The summed E-state index contributed by atoms with van der Waals surface area (Å²) in [6.45, 7) is 3.54. The number of aliphatic hydroxyl groups is 1. The number of hydrogen-bond acceptors (Lipinski definition) is 6. The van der Waals surface area contributed by atoms with Crippen molar-refractivity contribution in [3.63, 3.8) is 0 Å². The summed E-state index contributed by atoms with van der Waals surface area (Å²) in [6.07, 6.45) is 11.1. The first kappa shape index (κ1) is 28.5. The van der Waals surface area contributed by atoms with Crippen LogP contribution in [-0.4, -0.2) is 53.7 Å². The topological polar surface area (TPSA) is 113 Å². The van der Waals surface area contributed by atoms with Crippen molar-refractivity contribution >= 4 is 11.8 Å². The first-order valence-corrected chi connectivity index (χ1v) is 13.6. The van der Waals surface area contributed by atoms with Gasteiger partial charge in [-0.05, 0) is 60.9 Å². The van der Waals surface area contributed by atoms with Crippen LogP contribution in [0.15, 0.2) is 36.7 Å². The van der Waals surface area contributed by atoms with Gasteiger partial charge in [-0.25, -0.2) is 4.39 Å². The van der Waals surface area contributed by atoms with Crippen LogP contribution in [-0.2, 0) is 29.0 Å². The largest absolute Gasteiger partial charge is 0.493 e. The highest BCUT2D eigenvalue weighted by atomic mass is 19.1. The van der Waals surface area contributed by atoms with Gasteiger partial charge in [0.05, 0.1) is 30.1 Å². The van der Waals surface area contributed by atoms with E-state index in [0.717, 1.165) is 17.5 Å². The fourth-order valence-electron chi connectivity index (χ4n) is 5.12. The van der Waals surface area contributed by atoms with Crippen molar-refractivity contribution in [2.45, 2.75) is 64.1 Å². The van der Waals surface area contributed by atoms with E-state index in [1.165, 1.54) is 12.1 Å². The van der Waals surface area contributed by atoms with Gasteiger partial charge >= 0.3 is 0 Å². The highest BCUT2D eigenvalue weighted by molar-refractivity contribution is 5.96. The summed E-state index contributed by atoms with van der Waals surface area (Å²) in [4.78, 5) is 30.6. The molecule has 0 radical (unpaired) electrons. The molecule has 1 aliphatic heterocycles. The predicted molar refractivity (Wildman–Crippen MR) is 145 cm³/mol. The molecule has 8 nitrogen and oxygen atoms in total. The number of aryl methyl sites for hydroxylation is 1. The van der Waals surface area contributed by atoms with Crippen LogP contribution in [0.2, 0.25) is 0 Å². The predicted octanol–water partition coefficient (Wildman–Crippen LogP) is 2.28. The number of fused-ring (bicyclic) bond motifs is 3. The Balaban J connectivity index is 1.54. The number of hydrogen-bond donors (Lipinski definition) is 4. The van der Waals surface area contributed by atoms with Gasteiger partial charge in [-0.2, -0.15) is 0 Å². The summed E-state index contributed by atoms with van der Waals surface area (Å²) in [5.41, 5.74) is 1.67. The Morgan fingerprint density at radius 1 is 1.26 bits per heavy atom. The minimum absolute atomic E-state index is 0.122. The summed E-state index contributed by atoms with van der Waals surface area (Å²) in [5, 5.41) is 20.3. The number of pyridine rings is 1. The molecule has 39 heavy (non-hydrogen) atoms. The van der Waals surface area contributed by atoms with Crippen molar-refractivity contribution in [2.24, 2.45) is 11.3 Å². The molecule has 4 atom stereocenters. The van der Waals surface area contributed by atoms with Gasteiger partial charge in [0.15, 0.2) is 0 Å². The van der Waals surface area contributed by atoms with Gasteiger partial charge in [0.25, 0.3) is 0 Å². The Morgan fingerprint density at radius 2 is 2.08 bits per heavy atom. The van der Waals surface area contributed by atoms with Gasteiger partial charge < -0.3 is 25.8 Å². The van der Waals surface area contributed by atoms with Crippen LogP contribution >= 0.6 is 0 Å². The molecule has 4 N–H and O–H groups in total. The lowest BCUT2D eigenvalue weighted by atomic mass is 9.95. The Bertz CT molecular complexity index is 1220. The fourth-order valence-corrected chi connectivity index (χ4v) is 5.12. The Kier molecular flexibility index (Phi) is 9.54. The fraction of sp³-hybridized carbons (Fsp3) is 0.500. The Labute approximate surface area is 229 Å². The van der Waals surface area contributed by atoms with Crippen molar-refractivity contribution in [1.82, 2.24) is 20.9 Å². The van der Waals surface area contributed by atoms with Crippen LogP contribution < -0.4 is 20.7 Å². The maximum Gasteiger partial charge on any atom is 0.228 e. The molecule has 2 unspecified atom stereocenters. The first-order chi connectivity index (χ1) is 18.8. The molecular weight excluding hydrogens is 499 g/mol. The van der Waals surface area contributed by atoms with E-state index in [9.17, 15) is 19.1 Å². The second-order valence-electron chi connectivity index (χ2n) is 10.5. The molecule has 1 aromatic heterocycles. The van der Waals surface area contributed by atoms with E-state index >= 15 is 0 Å². The van der Waals surface area contributed by atoms with E-state index in [-0.39, 0.29) is 31.2 Å². The minimum atomic E-state index is -1.01. The maximum absolute atomic E-state index is 14.5. The molecule has 0 saturated heterocycles. The number of aromatic nitrogens is 1. The summed E-state index contributed by atoms with van der Waals surface area (Å²) in [6, 6.07) is 5.72. The van der Waals surface area contributed by atoms with E-state index in [1.807, 2.05) is 6.20 Å². The molecule has 1 aromatic carbocycles. The summed E-state index contributed by atoms with van der Waals surface area (Å²) >= 11 is 0. The number of carbonyl (C=O) groups is 2. The number of rotatable bonds is 7. The molecule has 208 valence electrons. The molecule has 0 spiro atoms. The van der Waals surface area contributed by atoms with Crippen molar-refractivity contribution in [3.05, 3.63) is 59.2 Å². The number of nitrogens with one attached hydrogen (secondary N) is 3. The zero-order chi connectivity index (χ0) is 27.8. The van der Waals surface area contributed by atoms with Gasteiger partial charge in [0.1, 0.15) is 11.6 Å². The number of ether oxygens (including phenoxy) is 1. The van der Waals surface area contributed by atoms with Crippen LogP contribution in [0.25, 0.3) is 0 Å². The normalized spacial score (nSPS) is 24.4. The third-order valence-corrected chi connectivity index (χ3v) is 7.51. The van der Waals surface area contributed by atoms with Crippen LogP contribution in [0.4, 0.5) is 4.39 Å². The molecule has 2 amide bonds. The third kappa shape index (κ3) is 7.34. The molecule has 4 rings (SSSR count). The van der Waals surface area contributed by atoms with Crippen molar-refractivity contribution in [2.75, 3.05) is 19.7 Å². The van der Waals surface area contributed by atoms with Gasteiger partial charge in [0, 0.05) is 44.5 Å². The van der Waals surface area contributed by atoms with Crippen molar-refractivity contribution in [3.8, 4) is 18.1 Å². The lowest BCUT2D eigenvalue weighted by Crippen LogP contribution is -2.51. The number of amides is 2. The van der Waals surface area contributed by atoms with E-state index in [1.54, 1.807) is 12.3 Å². The monoisotopic (exact) mass is 536 g/mol. The molecular formula is C30H37FN4O4. The minimum Gasteiger partial charge on any atom is -0.493 e. The average molecular weight is 537 g/mol. The lowest BCUT2D eigenvalue weighted by Gasteiger charge is -2.27. The molecule has 2 aliphatic rings. The molecule has 2 bridgehead atoms. The van der Waals surface area contributed by atoms with Crippen molar-refractivity contribution < 1.29 is 23.8 Å². The smallest absolute Gasteiger partial charge is 0.228 e.